The summed E-state index contributed by atoms with van der Waals surface area (Å²) in [5.41, 5.74) is 1.21. The van der Waals surface area contributed by atoms with E-state index in [0.29, 0.717) is 0 Å². The van der Waals surface area contributed by atoms with Crippen molar-refractivity contribution in [3.8, 4) is 0 Å². The van der Waals surface area contributed by atoms with Crippen LogP contribution in [0.5, 0.6) is 0 Å². The summed E-state index contributed by atoms with van der Waals surface area (Å²) in [6.45, 7) is 8.80. The summed E-state index contributed by atoms with van der Waals surface area (Å²) in [5, 5.41) is 0. The number of aliphatic imine (C=N–C) groups is 1. The van der Waals surface area contributed by atoms with Crippen molar-refractivity contribution in [2.24, 2.45) is 4.99 Å². The van der Waals surface area contributed by atoms with E-state index in [1.54, 1.807) is 0 Å². The smallest absolute Gasteiger partial charge is 0.0422 e. The van der Waals surface area contributed by atoms with Crippen LogP contribution in [0.25, 0.3) is 0 Å². The Morgan fingerprint density at radius 3 is 2.78 bits per heavy atom. The van der Waals surface area contributed by atoms with Crippen molar-refractivity contribution in [3.63, 3.8) is 0 Å². The van der Waals surface area contributed by atoms with Gasteiger partial charge in [0.1, 0.15) is 0 Å². The van der Waals surface area contributed by atoms with Gasteiger partial charge in [-0.3, -0.25) is 4.99 Å². The molecule has 0 rings (SSSR count). The maximum Gasteiger partial charge on any atom is 0.0422 e. The van der Waals surface area contributed by atoms with E-state index in [4.69, 9.17) is 0 Å². The highest BCUT2D eigenvalue weighted by molar-refractivity contribution is 5.56. The van der Waals surface area contributed by atoms with Gasteiger partial charge in [-0.25, -0.2) is 0 Å². The Kier molecular flexibility index (Phi) is 5.18. The number of hydrogen-bond acceptors (Lipinski definition) is 1. The van der Waals surface area contributed by atoms with Crippen molar-refractivity contribution >= 4 is 6.21 Å². The highest BCUT2D eigenvalue weighted by atomic mass is 14.7. The lowest BCUT2D eigenvalue weighted by Crippen LogP contribution is -1.81. The van der Waals surface area contributed by atoms with E-state index in [9.17, 15) is 0 Å². The van der Waals surface area contributed by atoms with Crippen LogP contribution in [0.4, 0.5) is 0 Å². The molecule has 0 atom stereocenters. The van der Waals surface area contributed by atoms with E-state index in [1.165, 1.54) is 5.57 Å². The third-order valence-corrected chi connectivity index (χ3v) is 0.979. The quantitative estimate of drug-likeness (QED) is 0.404. The lowest BCUT2D eigenvalue weighted by atomic mass is 10.2. The third-order valence-electron chi connectivity index (χ3n) is 0.979. The molecule has 0 aromatic carbocycles. The third kappa shape index (κ3) is 7.41. The monoisotopic (exact) mass is 125 g/mol. The van der Waals surface area contributed by atoms with Crippen LogP contribution in [0.1, 0.15) is 26.7 Å². The van der Waals surface area contributed by atoms with Gasteiger partial charge in [-0.15, -0.1) is 6.58 Å². The van der Waals surface area contributed by atoms with E-state index < -0.39 is 0 Å². The van der Waals surface area contributed by atoms with Crippen molar-refractivity contribution in [2.75, 3.05) is 6.54 Å². The fourth-order valence-electron chi connectivity index (χ4n) is 0.476. The molecule has 0 aliphatic carbocycles. The maximum atomic E-state index is 4.14. The molecular formula is C8H15N. The van der Waals surface area contributed by atoms with Crippen LogP contribution >= 0.6 is 0 Å². The molecule has 52 valence electrons. The summed E-state index contributed by atoms with van der Waals surface area (Å²) in [6, 6.07) is 0. The van der Waals surface area contributed by atoms with Gasteiger partial charge in [0.25, 0.3) is 0 Å². The minimum atomic E-state index is 0.906. The van der Waals surface area contributed by atoms with E-state index in [0.717, 1.165) is 19.4 Å². The van der Waals surface area contributed by atoms with Gasteiger partial charge in [0, 0.05) is 6.54 Å². The molecule has 0 saturated heterocycles. The average Bonchev–Trinajstić information content (AvgIpc) is 1.80. The Labute approximate surface area is 57.5 Å². The molecule has 1 heteroatoms. The second-order valence-electron chi connectivity index (χ2n) is 2.20. The van der Waals surface area contributed by atoms with Crippen molar-refractivity contribution in [1.29, 1.82) is 0 Å². The predicted octanol–water partition coefficient (Wildman–Crippen LogP) is 2.43. The lowest BCUT2D eigenvalue weighted by Gasteiger charge is -1.91. The molecule has 1 nitrogen and oxygen atoms in total. The maximum absolute atomic E-state index is 4.14. The van der Waals surface area contributed by atoms with Gasteiger partial charge in [0.15, 0.2) is 0 Å². The van der Waals surface area contributed by atoms with Crippen LogP contribution in [-0.2, 0) is 0 Å². The fraction of sp³-hybridized carbons (Fsp3) is 0.625. The van der Waals surface area contributed by atoms with Crippen LogP contribution in [0.2, 0.25) is 0 Å². The van der Waals surface area contributed by atoms with Crippen LogP contribution < -0.4 is 0 Å². The SMILES string of the molecule is C=C(C)CCN=CCC. The first kappa shape index (κ1) is 8.41. The van der Waals surface area contributed by atoms with E-state index >= 15 is 0 Å². The van der Waals surface area contributed by atoms with Gasteiger partial charge < -0.3 is 0 Å². The molecule has 0 radical (unpaired) electrons. The minimum absolute atomic E-state index is 0.906. The zero-order chi connectivity index (χ0) is 7.11. The Balaban J connectivity index is 3.09. The Morgan fingerprint density at radius 2 is 2.33 bits per heavy atom. The first-order valence-corrected chi connectivity index (χ1v) is 3.40. The normalized spacial score (nSPS) is 10.4. The zero-order valence-corrected chi connectivity index (χ0v) is 6.35. The van der Waals surface area contributed by atoms with Gasteiger partial charge in [-0.1, -0.05) is 12.5 Å². The van der Waals surface area contributed by atoms with Crippen molar-refractivity contribution in [3.05, 3.63) is 12.2 Å². The molecule has 0 aromatic rings. The molecule has 0 aromatic heterocycles. The molecular weight excluding hydrogens is 110 g/mol. The highest BCUT2D eigenvalue weighted by Gasteiger charge is 1.80. The topological polar surface area (TPSA) is 12.4 Å². The van der Waals surface area contributed by atoms with Gasteiger partial charge in [0.05, 0.1) is 0 Å². The van der Waals surface area contributed by atoms with Gasteiger partial charge in [-0.2, -0.15) is 0 Å². The number of hydrogen-bond donors (Lipinski definition) is 0. The minimum Gasteiger partial charge on any atom is -0.297 e. The van der Waals surface area contributed by atoms with Crippen molar-refractivity contribution in [2.45, 2.75) is 26.7 Å². The molecule has 0 fully saturated rings. The molecule has 0 heterocycles. The summed E-state index contributed by atoms with van der Waals surface area (Å²) in [4.78, 5) is 4.14. The molecule has 9 heavy (non-hydrogen) atoms. The Morgan fingerprint density at radius 1 is 1.67 bits per heavy atom. The molecule has 0 bridgehead atoms. The number of nitrogens with zero attached hydrogens (tertiary/aromatic N) is 1. The second-order valence-corrected chi connectivity index (χ2v) is 2.20. The van der Waals surface area contributed by atoms with Crippen LogP contribution in [-0.4, -0.2) is 12.8 Å². The number of rotatable bonds is 4. The van der Waals surface area contributed by atoms with Gasteiger partial charge >= 0.3 is 0 Å². The molecule has 0 unspecified atom stereocenters. The zero-order valence-electron chi connectivity index (χ0n) is 6.35. The van der Waals surface area contributed by atoms with Crippen molar-refractivity contribution < 1.29 is 0 Å². The van der Waals surface area contributed by atoms with E-state index in [-0.39, 0.29) is 0 Å². The molecule has 0 N–H and O–H groups in total. The molecule has 0 spiro atoms. The van der Waals surface area contributed by atoms with Gasteiger partial charge in [0.2, 0.25) is 0 Å². The van der Waals surface area contributed by atoms with E-state index in [1.807, 2.05) is 13.1 Å². The summed E-state index contributed by atoms with van der Waals surface area (Å²) in [5.74, 6) is 0. The molecule has 0 saturated carbocycles. The first-order chi connectivity index (χ1) is 4.27. The largest absolute Gasteiger partial charge is 0.297 e. The molecule has 0 aliphatic rings. The molecule has 0 aliphatic heterocycles. The Hall–Kier alpha value is -0.590. The van der Waals surface area contributed by atoms with Crippen LogP contribution in [0.15, 0.2) is 17.1 Å². The molecule has 0 amide bonds. The van der Waals surface area contributed by atoms with Crippen LogP contribution in [0, 0.1) is 0 Å². The Bertz CT molecular complexity index is 103. The standard InChI is InChI=1S/C8H15N/c1-4-6-9-7-5-8(2)3/h6H,2,4-5,7H2,1,3H3. The van der Waals surface area contributed by atoms with Gasteiger partial charge in [-0.05, 0) is 26.0 Å². The summed E-state index contributed by atoms with van der Waals surface area (Å²) >= 11 is 0. The fourth-order valence-corrected chi connectivity index (χ4v) is 0.476. The van der Waals surface area contributed by atoms with Crippen LogP contribution in [0.3, 0.4) is 0 Å². The second kappa shape index (κ2) is 5.54. The summed E-state index contributed by atoms with van der Waals surface area (Å²) in [7, 11) is 0. The van der Waals surface area contributed by atoms with Crippen molar-refractivity contribution in [1.82, 2.24) is 0 Å². The lowest BCUT2D eigenvalue weighted by molar-refractivity contribution is 0.954. The summed E-state index contributed by atoms with van der Waals surface area (Å²) in [6.07, 6.45) is 4.01. The first-order valence-electron chi connectivity index (χ1n) is 3.40. The predicted molar refractivity (Wildman–Crippen MR) is 43.1 cm³/mol. The average molecular weight is 125 g/mol. The summed E-state index contributed by atoms with van der Waals surface area (Å²) < 4.78 is 0. The van der Waals surface area contributed by atoms with E-state index in [2.05, 4.69) is 18.5 Å². The highest BCUT2D eigenvalue weighted by Crippen LogP contribution is 1.93.